The number of carbonyl (C=O) groups is 1. The van der Waals surface area contributed by atoms with E-state index in [2.05, 4.69) is 0 Å². The number of aliphatic hydroxyl groups is 6. The molecule has 6 unspecified atom stereocenters. The minimum atomic E-state index is -1.73. The summed E-state index contributed by atoms with van der Waals surface area (Å²) < 4.78 is 21.7. The van der Waals surface area contributed by atoms with Crippen LogP contribution in [0.15, 0.2) is 36.4 Å². The maximum atomic E-state index is 13.0. The number of ether oxygens (including phenoxy) is 4. The van der Waals surface area contributed by atoms with E-state index in [9.17, 15) is 35.4 Å². The second kappa shape index (κ2) is 13.0. The van der Waals surface area contributed by atoms with Gasteiger partial charge in [-0.2, -0.15) is 0 Å². The highest BCUT2D eigenvalue weighted by Gasteiger charge is 2.45. The monoisotopic (exact) mass is 536 g/mol. The van der Waals surface area contributed by atoms with E-state index in [0.29, 0.717) is 5.56 Å². The number of hydrogen-bond acceptors (Lipinski definition) is 12. The Labute approximate surface area is 218 Å². The van der Waals surface area contributed by atoms with E-state index in [-0.39, 0.29) is 40.7 Å². The van der Waals surface area contributed by atoms with Gasteiger partial charge in [0.25, 0.3) is 0 Å². The van der Waals surface area contributed by atoms with E-state index < -0.39 is 55.6 Å². The first-order valence-electron chi connectivity index (χ1n) is 11.7. The number of benzene rings is 2. The Morgan fingerprint density at radius 2 is 1.74 bits per heavy atom. The first-order valence-corrected chi connectivity index (χ1v) is 11.7. The predicted octanol–water partition coefficient (Wildman–Crippen LogP) is -0.100. The van der Waals surface area contributed by atoms with Crippen molar-refractivity contribution in [2.45, 2.75) is 43.2 Å². The van der Waals surface area contributed by atoms with Crippen LogP contribution in [0.3, 0.4) is 0 Å². The van der Waals surface area contributed by atoms with Gasteiger partial charge in [0, 0.05) is 17.5 Å². The van der Waals surface area contributed by atoms with Crippen molar-refractivity contribution in [1.82, 2.24) is 0 Å². The summed E-state index contributed by atoms with van der Waals surface area (Å²) in [7, 11) is 2.65. The van der Waals surface area contributed by atoms with E-state index in [1.165, 1.54) is 50.6 Å². The second-order valence-electron chi connectivity index (χ2n) is 8.57. The first kappa shape index (κ1) is 29.3. The number of rotatable bonds is 11. The smallest absolute Gasteiger partial charge is 0.229 e. The number of phenols is 1. The lowest BCUT2D eigenvalue weighted by atomic mass is 9.96. The lowest BCUT2D eigenvalue weighted by molar-refractivity contribution is -0.277. The van der Waals surface area contributed by atoms with Gasteiger partial charge in [-0.25, -0.2) is 0 Å². The number of ketones is 1. The third kappa shape index (κ3) is 6.42. The van der Waals surface area contributed by atoms with Gasteiger partial charge in [-0.05, 0) is 35.9 Å². The van der Waals surface area contributed by atoms with Crippen molar-refractivity contribution in [3.63, 3.8) is 0 Å². The molecule has 1 fully saturated rings. The zero-order valence-corrected chi connectivity index (χ0v) is 20.8. The Kier molecular flexibility index (Phi) is 10.1. The highest BCUT2D eigenvalue weighted by Crippen LogP contribution is 2.40. The van der Waals surface area contributed by atoms with Crippen molar-refractivity contribution in [2.75, 3.05) is 27.4 Å². The molecule has 0 saturated carbocycles. The van der Waals surface area contributed by atoms with E-state index in [1.54, 1.807) is 6.08 Å². The minimum absolute atomic E-state index is 0.0537. The molecule has 0 radical (unpaired) electrons. The molecule has 38 heavy (non-hydrogen) atoms. The van der Waals surface area contributed by atoms with Gasteiger partial charge >= 0.3 is 0 Å². The molecule has 12 heteroatoms. The predicted molar refractivity (Wildman–Crippen MR) is 132 cm³/mol. The fourth-order valence-electron chi connectivity index (χ4n) is 3.99. The summed E-state index contributed by atoms with van der Waals surface area (Å²) in [5.41, 5.74) is 0.696. The van der Waals surface area contributed by atoms with Crippen LogP contribution < -0.4 is 14.2 Å². The quantitative estimate of drug-likeness (QED) is 0.189. The summed E-state index contributed by atoms with van der Waals surface area (Å²) in [4.78, 5) is 13.0. The summed E-state index contributed by atoms with van der Waals surface area (Å²) >= 11 is 0. The van der Waals surface area contributed by atoms with Gasteiger partial charge in [0.1, 0.15) is 24.4 Å². The van der Waals surface area contributed by atoms with Gasteiger partial charge in [0.05, 0.1) is 33.5 Å². The first-order chi connectivity index (χ1) is 18.1. The van der Waals surface area contributed by atoms with Crippen molar-refractivity contribution in [3.05, 3.63) is 53.1 Å². The van der Waals surface area contributed by atoms with Gasteiger partial charge in [0.2, 0.25) is 6.29 Å². The number of hydrogen-bond donors (Lipinski definition) is 7. The van der Waals surface area contributed by atoms with Crippen LogP contribution in [0.4, 0.5) is 0 Å². The lowest BCUT2D eigenvalue weighted by Crippen LogP contribution is -2.60. The number of Topliss-reactive ketones (excluding diaryl/α,β-unsaturated/α-hetero) is 1. The van der Waals surface area contributed by atoms with Crippen LogP contribution in [0.2, 0.25) is 0 Å². The SMILES string of the molecule is COc1cc(C(=O)CC(O)c2cc(C=CCO)cc(OC)c2OC2OC(CO)C(O)C(O)C2O)ccc1O. The zero-order chi connectivity index (χ0) is 28.0. The molecular weight excluding hydrogens is 504 g/mol. The average molecular weight is 537 g/mol. The van der Waals surface area contributed by atoms with Gasteiger partial charge in [-0.3, -0.25) is 4.79 Å². The molecule has 1 saturated heterocycles. The highest BCUT2D eigenvalue weighted by atomic mass is 16.7. The molecule has 7 N–H and O–H groups in total. The topological polar surface area (TPSA) is 196 Å². The molecule has 1 aliphatic heterocycles. The Balaban J connectivity index is 1.99. The fraction of sp³-hybridized carbons (Fsp3) is 0.423. The lowest BCUT2D eigenvalue weighted by Gasteiger charge is -2.40. The molecule has 2 aromatic rings. The van der Waals surface area contributed by atoms with Crippen LogP contribution in [0.5, 0.6) is 23.0 Å². The van der Waals surface area contributed by atoms with Gasteiger partial charge in [-0.1, -0.05) is 12.2 Å². The normalized spacial score (nSPS) is 24.3. The largest absolute Gasteiger partial charge is 0.504 e. The second-order valence-corrected chi connectivity index (χ2v) is 8.57. The van der Waals surface area contributed by atoms with Crippen LogP contribution in [0, 0.1) is 0 Å². The summed E-state index contributed by atoms with van der Waals surface area (Å²) in [6.07, 6.45) is -6.79. The Morgan fingerprint density at radius 3 is 2.37 bits per heavy atom. The highest BCUT2D eigenvalue weighted by molar-refractivity contribution is 5.97. The number of aliphatic hydroxyl groups excluding tert-OH is 6. The summed E-state index contributed by atoms with van der Waals surface area (Å²) in [5, 5.41) is 70.2. The molecule has 0 spiro atoms. The molecule has 1 heterocycles. The average Bonchev–Trinajstić information content (AvgIpc) is 2.92. The Morgan fingerprint density at radius 1 is 1.03 bits per heavy atom. The van der Waals surface area contributed by atoms with E-state index in [0.717, 1.165) is 0 Å². The number of carbonyl (C=O) groups excluding carboxylic acids is 1. The molecule has 1 aliphatic rings. The Bertz CT molecular complexity index is 1130. The van der Waals surface area contributed by atoms with Gasteiger partial charge in [0.15, 0.2) is 28.8 Å². The molecule has 0 aromatic heterocycles. The summed E-state index contributed by atoms with van der Waals surface area (Å²) in [5.74, 6) is -0.635. The van der Waals surface area contributed by atoms with Crippen molar-refractivity contribution in [2.24, 2.45) is 0 Å². The Hall–Kier alpha value is -3.23. The third-order valence-electron chi connectivity index (χ3n) is 6.06. The van der Waals surface area contributed by atoms with Gasteiger partial charge < -0.3 is 54.7 Å². The van der Waals surface area contributed by atoms with Crippen molar-refractivity contribution in [3.8, 4) is 23.0 Å². The molecule has 12 nitrogen and oxygen atoms in total. The molecule has 208 valence electrons. The maximum absolute atomic E-state index is 13.0. The minimum Gasteiger partial charge on any atom is -0.504 e. The maximum Gasteiger partial charge on any atom is 0.229 e. The van der Waals surface area contributed by atoms with Crippen LogP contribution in [-0.2, 0) is 4.74 Å². The van der Waals surface area contributed by atoms with Gasteiger partial charge in [-0.15, -0.1) is 0 Å². The van der Waals surface area contributed by atoms with Crippen LogP contribution in [-0.4, -0.2) is 99.7 Å². The zero-order valence-electron chi connectivity index (χ0n) is 20.8. The van der Waals surface area contributed by atoms with Crippen molar-refractivity contribution >= 4 is 11.9 Å². The number of aromatic hydroxyl groups is 1. The number of methoxy groups -OCH3 is 2. The fourth-order valence-corrected chi connectivity index (χ4v) is 3.99. The van der Waals surface area contributed by atoms with E-state index >= 15 is 0 Å². The molecule has 0 amide bonds. The molecule has 0 aliphatic carbocycles. The summed E-state index contributed by atoms with van der Waals surface area (Å²) in [6.45, 7) is -0.933. The molecule has 3 rings (SSSR count). The van der Waals surface area contributed by atoms with Crippen LogP contribution in [0.1, 0.15) is 34.0 Å². The number of phenolic OH excluding ortho intramolecular Hbond substituents is 1. The summed E-state index contributed by atoms with van der Waals surface area (Å²) in [6, 6.07) is 6.98. The van der Waals surface area contributed by atoms with E-state index in [4.69, 9.17) is 24.1 Å². The third-order valence-corrected chi connectivity index (χ3v) is 6.06. The molecule has 6 atom stereocenters. The van der Waals surface area contributed by atoms with Crippen molar-refractivity contribution in [1.29, 1.82) is 0 Å². The standard InChI is InChI=1S/C26H32O12/c1-35-19-10-14(5-6-16(19)29)17(30)11-18(31)15-8-13(4-3-7-27)9-20(36-2)25(15)38-26-24(34)23(33)22(32)21(12-28)37-26/h3-6,8-10,18,21-24,26-29,31-34H,7,11-12H2,1-2H3. The van der Waals surface area contributed by atoms with Crippen LogP contribution in [0.25, 0.3) is 6.08 Å². The van der Waals surface area contributed by atoms with E-state index in [1.807, 2.05) is 0 Å². The van der Waals surface area contributed by atoms with Crippen LogP contribution >= 0.6 is 0 Å². The molecule has 0 bridgehead atoms. The van der Waals surface area contributed by atoms with Crippen molar-refractivity contribution < 1.29 is 59.5 Å². The molecule has 2 aromatic carbocycles. The molecular formula is C26H32O12.